The highest BCUT2D eigenvalue weighted by Crippen LogP contribution is 2.32. The van der Waals surface area contributed by atoms with Crippen LogP contribution in [0.15, 0.2) is 18.2 Å². The summed E-state index contributed by atoms with van der Waals surface area (Å²) in [4.78, 5) is 58.6. The van der Waals surface area contributed by atoms with Gasteiger partial charge in [-0.1, -0.05) is 61.0 Å². The second kappa shape index (κ2) is 21.9. The van der Waals surface area contributed by atoms with Crippen molar-refractivity contribution in [2.45, 2.75) is 130 Å². The summed E-state index contributed by atoms with van der Waals surface area (Å²) >= 11 is 0. The fraction of sp³-hybridized carbons (Fsp3) is 0.756. The number of methoxy groups -OCH3 is 3. The van der Waals surface area contributed by atoms with Crippen LogP contribution in [0.5, 0.6) is 0 Å². The third-order valence-electron chi connectivity index (χ3n) is 11.5. The molecule has 1 aliphatic heterocycles. The van der Waals surface area contributed by atoms with E-state index in [1.807, 2.05) is 41.5 Å². The summed E-state index contributed by atoms with van der Waals surface area (Å²) in [6, 6.07) is 2.43. The van der Waals surface area contributed by atoms with Crippen molar-refractivity contribution in [3.05, 3.63) is 35.4 Å². The lowest BCUT2D eigenvalue weighted by Gasteiger charge is -2.41. The van der Waals surface area contributed by atoms with Gasteiger partial charge in [-0.3, -0.25) is 19.2 Å². The summed E-state index contributed by atoms with van der Waals surface area (Å²) in [7, 11) is 8.13. The van der Waals surface area contributed by atoms with E-state index in [0.29, 0.717) is 13.0 Å². The van der Waals surface area contributed by atoms with Crippen LogP contribution in [0.25, 0.3) is 0 Å². The van der Waals surface area contributed by atoms with Crippen molar-refractivity contribution in [2.24, 2.45) is 29.6 Å². The first-order valence-corrected chi connectivity index (χ1v) is 19.3. The number of halogens is 2. The zero-order valence-electron chi connectivity index (χ0n) is 34.2. The average Bonchev–Trinajstić information content (AvgIpc) is 3.55. The second-order valence-electron chi connectivity index (χ2n) is 15.6. The Morgan fingerprint density at radius 3 is 2.06 bits per heavy atom. The summed E-state index contributed by atoms with van der Waals surface area (Å²) in [5.74, 6) is -2.96. The van der Waals surface area contributed by atoms with Crippen LogP contribution in [0.4, 0.5) is 8.78 Å². The minimum atomic E-state index is -0.656. The molecule has 12 heteroatoms. The molecule has 1 aromatic rings. The molecule has 0 radical (unpaired) electrons. The van der Waals surface area contributed by atoms with Gasteiger partial charge in [-0.05, 0) is 56.2 Å². The Hall–Kier alpha value is -2.80. The highest BCUT2D eigenvalue weighted by Gasteiger charge is 2.45. The Kier molecular flexibility index (Phi) is 19.2. The number of hydrogen-bond donors (Lipinski definition) is 1. The Bertz CT molecular complexity index is 1320. The number of nitrogens with one attached hydrogen (secondary N) is 1. The molecule has 0 aliphatic carbocycles. The highest BCUT2D eigenvalue weighted by atomic mass is 19.1. The van der Waals surface area contributed by atoms with Crippen molar-refractivity contribution in [1.29, 1.82) is 0 Å². The van der Waals surface area contributed by atoms with Gasteiger partial charge in [0.2, 0.25) is 11.8 Å². The van der Waals surface area contributed by atoms with Gasteiger partial charge in [0.25, 0.3) is 0 Å². The molecule has 10 nitrogen and oxygen atoms in total. The van der Waals surface area contributed by atoms with E-state index in [1.54, 1.807) is 45.0 Å². The van der Waals surface area contributed by atoms with Crippen molar-refractivity contribution in [3.63, 3.8) is 0 Å². The molecule has 0 spiro atoms. The number of likely N-dealkylation sites (tertiary alicyclic amines) is 1. The standard InChI is InChI=1S/C41H67F2N3O7/c1-13-26(6)39(45(9)41(50)30(24(2)3)21-35(48)38(44-8)25(4)5)36(52-11)22-37(49)46-23-28(51-10)20-33(46)40(53-12)27(7)34(47)19-14-16-29-31(42)17-15-18-32(29)43/h15,17-18,24-28,30,33,36,38-40,44H,13-14,16,19-23H2,1-12H3/t26-,27-,28+,30-,33?,36+,38-,39-,40+/m0/s1. The van der Waals surface area contributed by atoms with Crippen molar-refractivity contribution in [3.8, 4) is 0 Å². The lowest BCUT2D eigenvalue weighted by atomic mass is 9.84. The van der Waals surface area contributed by atoms with Crippen LogP contribution in [0.1, 0.15) is 92.6 Å². The SMILES string of the molecule is CC[C@H](C)[C@@H]([C@@H](CC(=O)N1C[C@H](OC)CC1[C@H](OC)[C@@H](C)C(=O)CCCc1c(F)cccc1F)OC)N(C)C(=O)[C@@H](CC(=O)[C@@H](NC)C(C)C)C(C)C. The Morgan fingerprint density at radius 2 is 1.57 bits per heavy atom. The monoisotopic (exact) mass is 751 g/mol. The van der Waals surface area contributed by atoms with E-state index in [-0.39, 0.29) is 90.9 Å². The number of carbonyl (C=O) groups excluding carboxylic acids is 4. The van der Waals surface area contributed by atoms with E-state index < -0.39 is 47.8 Å². The first-order valence-electron chi connectivity index (χ1n) is 19.3. The average molecular weight is 752 g/mol. The number of nitrogens with zero attached hydrogens (tertiary/aromatic N) is 2. The Labute approximate surface area is 317 Å². The molecule has 9 atom stereocenters. The highest BCUT2D eigenvalue weighted by molar-refractivity contribution is 5.90. The van der Waals surface area contributed by atoms with E-state index in [9.17, 15) is 28.0 Å². The Balaban J connectivity index is 2.29. The molecule has 1 unspecified atom stereocenters. The molecule has 0 saturated carbocycles. The molecule has 1 aromatic carbocycles. The first-order chi connectivity index (χ1) is 25.0. The number of ketones is 2. The summed E-state index contributed by atoms with van der Waals surface area (Å²) in [6.45, 7) is 14.0. The van der Waals surface area contributed by atoms with Gasteiger partial charge >= 0.3 is 0 Å². The summed E-state index contributed by atoms with van der Waals surface area (Å²) in [6.07, 6.45) is 0.138. The molecule has 1 fully saturated rings. The maximum Gasteiger partial charge on any atom is 0.226 e. The van der Waals surface area contributed by atoms with Gasteiger partial charge in [-0.15, -0.1) is 0 Å². The minimum absolute atomic E-state index is 0.00585. The van der Waals surface area contributed by atoms with Crippen LogP contribution in [-0.4, -0.2) is 112 Å². The molecule has 0 aromatic heterocycles. The van der Waals surface area contributed by atoms with Crippen LogP contribution in [-0.2, 0) is 39.8 Å². The summed E-state index contributed by atoms with van der Waals surface area (Å²) < 4.78 is 45.9. The number of amides is 2. The molecule has 302 valence electrons. The first kappa shape index (κ1) is 46.4. The maximum atomic E-state index is 14.3. The predicted molar refractivity (Wildman–Crippen MR) is 202 cm³/mol. The number of Topliss-reactive ketones (excluding diaryl/α,β-unsaturated/α-hetero) is 2. The van der Waals surface area contributed by atoms with Crippen LogP contribution in [0.2, 0.25) is 0 Å². The van der Waals surface area contributed by atoms with Crippen molar-refractivity contribution in [2.75, 3.05) is 42.0 Å². The summed E-state index contributed by atoms with van der Waals surface area (Å²) in [5, 5.41) is 3.10. The number of benzene rings is 1. The largest absolute Gasteiger partial charge is 0.380 e. The molecule has 1 N–H and O–H groups in total. The van der Waals surface area contributed by atoms with E-state index >= 15 is 0 Å². The number of likely N-dealkylation sites (N-methyl/N-ethyl adjacent to an activating group) is 2. The molecule has 1 aliphatic rings. The van der Waals surface area contributed by atoms with Gasteiger partial charge in [0.05, 0.1) is 42.9 Å². The minimum Gasteiger partial charge on any atom is -0.380 e. The molecule has 1 heterocycles. The van der Waals surface area contributed by atoms with Gasteiger partial charge in [0.15, 0.2) is 5.78 Å². The van der Waals surface area contributed by atoms with E-state index in [4.69, 9.17) is 14.2 Å². The lowest BCUT2D eigenvalue weighted by molar-refractivity contribution is -0.149. The smallest absolute Gasteiger partial charge is 0.226 e. The molecule has 53 heavy (non-hydrogen) atoms. The Morgan fingerprint density at radius 1 is 0.943 bits per heavy atom. The topological polar surface area (TPSA) is 114 Å². The van der Waals surface area contributed by atoms with Gasteiger partial charge in [0, 0.05) is 65.2 Å². The lowest BCUT2D eigenvalue weighted by Crippen LogP contribution is -2.54. The van der Waals surface area contributed by atoms with Crippen molar-refractivity contribution >= 4 is 23.4 Å². The van der Waals surface area contributed by atoms with E-state index in [2.05, 4.69) is 5.32 Å². The van der Waals surface area contributed by atoms with Gasteiger partial charge in [0.1, 0.15) is 17.4 Å². The number of ether oxygens (including phenoxy) is 3. The van der Waals surface area contributed by atoms with Crippen LogP contribution in [0.3, 0.4) is 0 Å². The zero-order chi connectivity index (χ0) is 40.2. The van der Waals surface area contributed by atoms with Crippen LogP contribution in [0, 0.1) is 41.2 Å². The van der Waals surface area contributed by atoms with Crippen molar-refractivity contribution in [1.82, 2.24) is 15.1 Å². The third kappa shape index (κ3) is 12.1. The molecular weight excluding hydrogens is 684 g/mol. The fourth-order valence-electron chi connectivity index (χ4n) is 8.01. The normalized spacial score (nSPS) is 20.2. The van der Waals surface area contributed by atoms with E-state index in [0.717, 1.165) is 6.42 Å². The molecular formula is C41H67F2N3O7. The van der Waals surface area contributed by atoms with Crippen LogP contribution < -0.4 is 5.32 Å². The number of carbonyl (C=O) groups is 4. The molecule has 2 rings (SSSR count). The number of rotatable bonds is 23. The molecule has 1 saturated heterocycles. The fourth-order valence-corrected chi connectivity index (χ4v) is 8.01. The van der Waals surface area contributed by atoms with Crippen molar-refractivity contribution < 1.29 is 42.2 Å². The van der Waals surface area contributed by atoms with Gasteiger partial charge in [-0.25, -0.2) is 8.78 Å². The third-order valence-corrected chi connectivity index (χ3v) is 11.5. The maximum absolute atomic E-state index is 14.3. The number of hydrogen-bond acceptors (Lipinski definition) is 8. The molecule has 2 amide bonds. The second-order valence-corrected chi connectivity index (χ2v) is 15.6. The van der Waals surface area contributed by atoms with E-state index in [1.165, 1.54) is 25.3 Å². The van der Waals surface area contributed by atoms with Gasteiger partial charge < -0.3 is 29.3 Å². The van der Waals surface area contributed by atoms with Gasteiger partial charge in [-0.2, -0.15) is 0 Å². The molecule has 0 bridgehead atoms. The van der Waals surface area contributed by atoms with Crippen LogP contribution >= 0.6 is 0 Å². The summed E-state index contributed by atoms with van der Waals surface area (Å²) in [5.41, 5.74) is -0.0377. The predicted octanol–water partition coefficient (Wildman–Crippen LogP) is 5.88. The zero-order valence-corrected chi connectivity index (χ0v) is 34.2. The quantitative estimate of drug-likeness (QED) is 0.148.